The van der Waals surface area contributed by atoms with Crippen molar-refractivity contribution in [2.24, 2.45) is 7.05 Å². The molecule has 1 atom stereocenters. The molecule has 78 valence electrons. The van der Waals surface area contributed by atoms with Crippen LogP contribution in [0.3, 0.4) is 0 Å². The first-order valence-corrected chi connectivity index (χ1v) is 4.25. The maximum absolute atomic E-state index is 11.5. The number of nitrogens with zero attached hydrogens (tertiary/aromatic N) is 2. The molecule has 0 aliphatic heterocycles. The Balaban J connectivity index is 2.74. The van der Waals surface area contributed by atoms with Gasteiger partial charge in [-0.15, -0.1) is 0 Å². The molecule has 6 nitrogen and oxygen atoms in total. The summed E-state index contributed by atoms with van der Waals surface area (Å²) in [4.78, 5) is 11.5. The second-order valence-corrected chi connectivity index (χ2v) is 3.16. The van der Waals surface area contributed by atoms with Gasteiger partial charge < -0.3 is 16.2 Å². The summed E-state index contributed by atoms with van der Waals surface area (Å²) >= 11 is 0. The first-order valence-electron chi connectivity index (χ1n) is 4.25. The van der Waals surface area contributed by atoms with E-state index >= 15 is 0 Å². The average molecular weight is 198 g/mol. The number of amides is 1. The number of anilines is 1. The van der Waals surface area contributed by atoms with E-state index in [4.69, 9.17) is 10.8 Å². The maximum atomic E-state index is 11.5. The van der Waals surface area contributed by atoms with E-state index in [1.807, 2.05) is 0 Å². The third-order valence-corrected chi connectivity index (χ3v) is 1.72. The van der Waals surface area contributed by atoms with Crippen LogP contribution in [0.25, 0.3) is 0 Å². The summed E-state index contributed by atoms with van der Waals surface area (Å²) in [5.41, 5.74) is 6.07. The smallest absolute Gasteiger partial charge is 0.274 e. The minimum atomic E-state index is -0.371. The second kappa shape index (κ2) is 4.10. The third-order valence-electron chi connectivity index (χ3n) is 1.72. The molecular weight excluding hydrogens is 184 g/mol. The van der Waals surface area contributed by atoms with Gasteiger partial charge in [0.15, 0.2) is 5.69 Å². The molecule has 0 radical (unpaired) electrons. The van der Waals surface area contributed by atoms with Gasteiger partial charge in [0.2, 0.25) is 0 Å². The van der Waals surface area contributed by atoms with Gasteiger partial charge in [-0.05, 0) is 6.92 Å². The molecule has 0 bridgehead atoms. The highest BCUT2D eigenvalue weighted by Gasteiger charge is 2.15. The van der Waals surface area contributed by atoms with E-state index in [-0.39, 0.29) is 24.2 Å². The van der Waals surface area contributed by atoms with E-state index in [0.29, 0.717) is 5.69 Å². The SMILES string of the molecule is C[C@@H](CO)NC(=O)c1nn(C)cc1N. The van der Waals surface area contributed by atoms with E-state index < -0.39 is 0 Å². The molecule has 0 aliphatic rings. The van der Waals surface area contributed by atoms with Crippen molar-refractivity contribution in [1.29, 1.82) is 0 Å². The quantitative estimate of drug-likeness (QED) is 0.587. The Hall–Kier alpha value is -1.56. The maximum Gasteiger partial charge on any atom is 0.274 e. The van der Waals surface area contributed by atoms with Crippen LogP contribution in [0, 0.1) is 0 Å². The van der Waals surface area contributed by atoms with Gasteiger partial charge in [0.05, 0.1) is 12.3 Å². The van der Waals surface area contributed by atoms with Crippen LogP contribution in [-0.4, -0.2) is 33.4 Å². The lowest BCUT2D eigenvalue weighted by atomic mass is 10.3. The van der Waals surface area contributed by atoms with E-state index in [9.17, 15) is 4.79 Å². The highest BCUT2D eigenvalue weighted by Crippen LogP contribution is 2.07. The second-order valence-electron chi connectivity index (χ2n) is 3.16. The van der Waals surface area contributed by atoms with Crippen molar-refractivity contribution >= 4 is 11.6 Å². The Morgan fingerprint density at radius 1 is 1.86 bits per heavy atom. The number of nitrogens with one attached hydrogen (secondary N) is 1. The summed E-state index contributed by atoms with van der Waals surface area (Å²) in [6.45, 7) is 1.58. The number of hydrogen-bond donors (Lipinski definition) is 3. The van der Waals surface area contributed by atoms with Crippen molar-refractivity contribution in [3.63, 3.8) is 0 Å². The van der Waals surface area contributed by atoms with E-state index in [2.05, 4.69) is 10.4 Å². The molecule has 0 fully saturated rings. The Labute approximate surface area is 81.7 Å². The molecule has 6 heteroatoms. The number of aromatic nitrogens is 2. The number of aliphatic hydroxyl groups is 1. The molecule has 0 aromatic carbocycles. The molecule has 0 unspecified atom stereocenters. The average Bonchev–Trinajstić information content (AvgIpc) is 2.45. The van der Waals surface area contributed by atoms with Gasteiger partial charge in [-0.3, -0.25) is 9.48 Å². The Morgan fingerprint density at radius 2 is 2.50 bits per heavy atom. The van der Waals surface area contributed by atoms with Crippen LogP contribution in [0.1, 0.15) is 17.4 Å². The van der Waals surface area contributed by atoms with Crippen LogP contribution < -0.4 is 11.1 Å². The summed E-state index contributed by atoms with van der Waals surface area (Å²) in [7, 11) is 1.68. The number of aliphatic hydroxyl groups excluding tert-OH is 1. The van der Waals surface area contributed by atoms with Gasteiger partial charge in [-0.1, -0.05) is 0 Å². The summed E-state index contributed by atoms with van der Waals surface area (Å²) in [5, 5.41) is 15.2. The zero-order chi connectivity index (χ0) is 10.7. The van der Waals surface area contributed by atoms with Crippen LogP contribution >= 0.6 is 0 Å². The predicted molar refractivity (Wildman–Crippen MR) is 51.6 cm³/mol. The zero-order valence-corrected chi connectivity index (χ0v) is 8.19. The lowest BCUT2D eigenvalue weighted by Gasteiger charge is -2.08. The molecule has 0 saturated carbocycles. The van der Waals surface area contributed by atoms with Crippen LogP contribution in [-0.2, 0) is 7.05 Å². The molecule has 0 spiro atoms. The lowest BCUT2D eigenvalue weighted by Crippen LogP contribution is -2.35. The topological polar surface area (TPSA) is 93.2 Å². The largest absolute Gasteiger partial charge is 0.396 e. The molecule has 0 aliphatic carbocycles. The number of rotatable bonds is 3. The van der Waals surface area contributed by atoms with Gasteiger partial charge in [0.25, 0.3) is 5.91 Å². The van der Waals surface area contributed by atoms with Crippen molar-refractivity contribution < 1.29 is 9.90 Å². The van der Waals surface area contributed by atoms with Gasteiger partial charge in [0.1, 0.15) is 0 Å². The van der Waals surface area contributed by atoms with Crippen LogP contribution in [0.5, 0.6) is 0 Å². The Bertz CT molecular complexity index is 334. The molecule has 1 amide bonds. The number of hydrogen-bond acceptors (Lipinski definition) is 4. The summed E-state index contributed by atoms with van der Waals surface area (Å²) in [6, 6.07) is -0.302. The Morgan fingerprint density at radius 3 is 2.93 bits per heavy atom. The number of nitrogen functional groups attached to an aromatic ring is 1. The van der Waals surface area contributed by atoms with E-state index in [1.165, 1.54) is 4.68 Å². The van der Waals surface area contributed by atoms with Gasteiger partial charge in [0, 0.05) is 19.3 Å². The standard InChI is InChI=1S/C8H14N4O2/c1-5(4-13)10-8(14)7-6(9)3-12(2)11-7/h3,5,13H,4,9H2,1-2H3,(H,10,14)/t5-/m0/s1. The minimum Gasteiger partial charge on any atom is -0.396 e. The molecular formula is C8H14N4O2. The predicted octanol–water partition coefficient (Wildman–Crippen LogP) is -0.887. The monoisotopic (exact) mass is 198 g/mol. The highest BCUT2D eigenvalue weighted by atomic mass is 16.3. The summed E-state index contributed by atoms with van der Waals surface area (Å²) in [5.74, 6) is -0.371. The first kappa shape index (κ1) is 10.5. The number of carbonyl (C=O) groups is 1. The van der Waals surface area contributed by atoms with E-state index in [0.717, 1.165) is 0 Å². The molecule has 1 rings (SSSR count). The molecule has 14 heavy (non-hydrogen) atoms. The lowest BCUT2D eigenvalue weighted by molar-refractivity contribution is 0.0917. The van der Waals surface area contributed by atoms with Gasteiger partial charge in [-0.25, -0.2) is 0 Å². The number of carbonyl (C=O) groups excluding carboxylic acids is 1. The van der Waals surface area contributed by atoms with Crippen LogP contribution in [0.4, 0.5) is 5.69 Å². The zero-order valence-electron chi connectivity index (χ0n) is 8.19. The van der Waals surface area contributed by atoms with Crippen molar-refractivity contribution in [2.45, 2.75) is 13.0 Å². The number of nitrogens with two attached hydrogens (primary N) is 1. The number of aryl methyl sites for hydroxylation is 1. The molecule has 1 aromatic heterocycles. The molecule has 1 aromatic rings. The van der Waals surface area contributed by atoms with Crippen LogP contribution in [0.2, 0.25) is 0 Å². The van der Waals surface area contributed by atoms with Crippen molar-refractivity contribution in [1.82, 2.24) is 15.1 Å². The third kappa shape index (κ3) is 2.23. The van der Waals surface area contributed by atoms with Gasteiger partial charge >= 0.3 is 0 Å². The minimum absolute atomic E-state index is 0.113. The fourth-order valence-corrected chi connectivity index (χ4v) is 1.02. The summed E-state index contributed by atoms with van der Waals surface area (Å²) < 4.78 is 1.47. The molecule has 0 saturated heterocycles. The highest BCUT2D eigenvalue weighted by molar-refractivity contribution is 5.97. The fraction of sp³-hybridized carbons (Fsp3) is 0.500. The van der Waals surface area contributed by atoms with E-state index in [1.54, 1.807) is 20.2 Å². The van der Waals surface area contributed by atoms with Crippen molar-refractivity contribution in [2.75, 3.05) is 12.3 Å². The van der Waals surface area contributed by atoms with Crippen LogP contribution in [0.15, 0.2) is 6.20 Å². The van der Waals surface area contributed by atoms with Gasteiger partial charge in [-0.2, -0.15) is 5.10 Å². The first-order chi connectivity index (χ1) is 6.54. The molecule has 4 N–H and O–H groups in total. The Kier molecular flexibility index (Phi) is 3.08. The summed E-state index contributed by atoms with van der Waals surface area (Å²) in [6.07, 6.45) is 1.55. The normalized spacial score (nSPS) is 12.5. The van der Waals surface area contributed by atoms with Crippen molar-refractivity contribution in [3.05, 3.63) is 11.9 Å². The fourth-order valence-electron chi connectivity index (χ4n) is 1.02. The van der Waals surface area contributed by atoms with Crippen molar-refractivity contribution in [3.8, 4) is 0 Å². The molecule has 1 heterocycles.